The molecule has 2 N–H and O–H groups in total. The molecule has 1 aromatic heterocycles. The zero-order valence-corrected chi connectivity index (χ0v) is 10.7. The van der Waals surface area contributed by atoms with Gasteiger partial charge in [0.25, 0.3) is 0 Å². The Balaban J connectivity index is 2.31. The minimum absolute atomic E-state index is 0.263. The first kappa shape index (κ1) is 11.9. The summed E-state index contributed by atoms with van der Waals surface area (Å²) in [4.78, 5) is 4.06. The molecule has 0 aliphatic carbocycles. The van der Waals surface area contributed by atoms with Gasteiger partial charge in [0.05, 0.1) is 5.69 Å². The van der Waals surface area contributed by atoms with Gasteiger partial charge in [-0.05, 0) is 40.5 Å². The predicted octanol–water partition coefficient (Wildman–Crippen LogP) is 3.67. The molecule has 0 aliphatic heterocycles. The first-order valence-electron chi connectivity index (χ1n) is 4.91. The van der Waals surface area contributed by atoms with E-state index in [0.717, 1.165) is 10.0 Å². The molecule has 0 spiro atoms. The summed E-state index contributed by atoms with van der Waals surface area (Å²) >= 11 is 3.34. The number of hydrogen-bond acceptors (Lipinski definition) is 3. The molecule has 5 heteroatoms. The Morgan fingerprint density at radius 1 is 1.35 bits per heavy atom. The molecule has 88 valence electrons. The van der Waals surface area contributed by atoms with Crippen LogP contribution in [0.5, 0.6) is 11.6 Å². The lowest BCUT2D eigenvalue weighted by molar-refractivity contribution is 0.460. The molecular formula is C12H10BrFN2O. The maximum atomic E-state index is 13.0. The van der Waals surface area contributed by atoms with E-state index in [-0.39, 0.29) is 5.75 Å². The molecule has 0 saturated carbocycles. The predicted molar refractivity (Wildman–Crippen MR) is 67.6 cm³/mol. The number of benzene rings is 1. The van der Waals surface area contributed by atoms with Crippen LogP contribution in [0.4, 0.5) is 10.1 Å². The second-order valence-electron chi connectivity index (χ2n) is 3.56. The van der Waals surface area contributed by atoms with Gasteiger partial charge in [0.1, 0.15) is 5.82 Å². The van der Waals surface area contributed by atoms with Crippen molar-refractivity contribution in [1.82, 2.24) is 4.98 Å². The van der Waals surface area contributed by atoms with Crippen molar-refractivity contribution in [2.75, 3.05) is 5.73 Å². The van der Waals surface area contributed by atoms with Gasteiger partial charge in [0, 0.05) is 22.8 Å². The van der Waals surface area contributed by atoms with Crippen LogP contribution < -0.4 is 10.5 Å². The molecule has 0 radical (unpaired) electrons. The maximum absolute atomic E-state index is 13.0. The molecule has 1 aromatic carbocycles. The summed E-state index contributed by atoms with van der Waals surface area (Å²) in [5, 5.41) is 0. The summed E-state index contributed by atoms with van der Waals surface area (Å²) in [5.41, 5.74) is 7.02. The van der Waals surface area contributed by atoms with Gasteiger partial charge in [-0.15, -0.1) is 0 Å². The van der Waals surface area contributed by atoms with Crippen molar-refractivity contribution in [3.8, 4) is 11.6 Å². The van der Waals surface area contributed by atoms with Gasteiger partial charge in [-0.3, -0.25) is 0 Å². The third-order valence-electron chi connectivity index (χ3n) is 2.21. The van der Waals surface area contributed by atoms with Crippen molar-refractivity contribution in [2.24, 2.45) is 0 Å². The van der Waals surface area contributed by atoms with Gasteiger partial charge in [0.2, 0.25) is 5.88 Å². The quantitative estimate of drug-likeness (QED) is 0.860. The highest BCUT2D eigenvalue weighted by Gasteiger charge is 2.06. The summed E-state index contributed by atoms with van der Waals surface area (Å²) in [6.45, 7) is 1.91. The smallest absolute Gasteiger partial charge is 0.219 e. The minimum atomic E-state index is -0.400. The number of aryl methyl sites for hydroxylation is 1. The topological polar surface area (TPSA) is 48.1 Å². The average Bonchev–Trinajstić information content (AvgIpc) is 2.29. The fraction of sp³-hybridized carbons (Fsp3) is 0.0833. The van der Waals surface area contributed by atoms with E-state index in [4.69, 9.17) is 10.5 Å². The van der Waals surface area contributed by atoms with Gasteiger partial charge in [-0.2, -0.15) is 0 Å². The van der Waals surface area contributed by atoms with E-state index < -0.39 is 5.82 Å². The van der Waals surface area contributed by atoms with E-state index in [0.29, 0.717) is 11.6 Å². The number of halogens is 2. The normalized spacial score (nSPS) is 10.3. The first-order valence-corrected chi connectivity index (χ1v) is 5.70. The molecule has 0 aliphatic rings. The standard InChI is InChI=1S/C12H10BrFN2O/c1-7-4-12(16-6-9(7)13)17-11-5-8(14)2-3-10(11)15/h2-6H,15H2,1H3. The Bertz CT molecular complexity index is 560. The molecule has 2 aromatic rings. The number of nitrogens with two attached hydrogens (primary N) is 1. The van der Waals surface area contributed by atoms with Crippen molar-refractivity contribution >= 4 is 21.6 Å². The Morgan fingerprint density at radius 2 is 2.12 bits per heavy atom. The lowest BCUT2D eigenvalue weighted by Crippen LogP contribution is -1.95. The number of nitrogen functional groups attached to an aromatic ring is 1. The fourth-order valence-electron chi connectivity index (χ4n) is 1.28. The number of hydrogen-bond donors (Lipinski definition) is 1. The van der Waals surface area contributed by atoms with Gasteiger partial charge in [-0.1, -0.05) is 0 Å². The Hall–Kier alpha value is -1.62. The van der Waals surface area contributed by atoms with Gasteiger partial charge in [-0.25, -0.2) is 9.37 Å². The molecule has 0 saturated heterocycles. The Morgan fingerprint density at radius 3 is 2.82 bits per heavy atom. The van der Waals surface area contributed by atoms with Crippen molar-refractivity contribution < 1.29 is 9.13 Å². The van der Waals surface area contributed by atoms with Crippen LogP contribution in [-0.4, -0.2) is 4.98 Å². The highest BCUT2D eigenvalue weighted by atomic mass is 79.9. The summed E-state index contributed by atoms with van der Waals surface area (Å²) in [6.07, 6.45) is 1.63. The number of ether oxygens (including phenoxy) is 1. The SMILES string of the molecule is Cc1cc(Oc2cc(F)ccc2N)ncc1Br. The second-order valence-corrected chi connectivity index (χ2v) is 4.41. The fourth-order valence-corrected chi connectivity index (χ4v) is 1.50. The lowest BCUT2D eigenvalue weighted by Gasteiger charge is -2.08. The molecule has 0 unspecified atom stereocenters. The van der Waals surface area contributed by atoms with Crippen LogP contribution in [0.15, 0.2) is 34.9 Å². The van der Waals surface area contributed by atoms with E-state index in [9.17, 15) is 4.39 Å². The zero-order valence-electron chi connectivity index (χ0n) is 9.08. The third kappa shape index (κ3) is 2.74. The molecule has 3 nitrogen and oxygen atoms in total. The largest absolute Gasteiger partial charge is 0.437 e. The van der Waals surface area contributed by atoms with E-state index in [2.05, 4.69) is 20.9 Å². The molecule has 0 amide bonds. The van der Waals surface area contributed by atoms with Crippen LogP contribution in [0.2, 0.25) is 0 Å². The lowest BCUT2D eigenvalue weighted by atomic mass is 10.3. The van der Waals surface area contributed by atoms with Crippen LogP contribution in [0.3, 0.4) is 0 Å². The van der Waals surface area contributed by atoms with Crippen LogP contribution in [0, 0.1) is 12.7 Å². The molecule has 1 heterocycles. The number of pyridine rings is 1. The van der Waals surface area contributed by atoms with E-state index in [1.165, 1.54) is 18.2 Å². The Kier molecular flexibility index (Phi) is 3.28. The first-order chi connectivity index (χ1) is 8.06. The molecule has 2 rings (SSSR count). The number of aromatic nitrogens is 1. The molecule has 0 bridgehead atoms. The van der Waals surface area contributed by atoms with Crippen LogP contribution in [0.25, 0.3) is 0 Å². The second kappa shape index (κ2) is 4.71. The van der Waals surface area contributed by atoms with Crippen molar-refractivity contribution in [3.63, 3.8) is 0 Å². The summed E-state index contributed by atoms with van der Waals surface area (Å²) < 4.78 is 19.3. The van der Waals surface area contributed by atoms with Gasteiger partial charge < -0.3 is 10.5 Å². The minimum Gasteiger partial charge on any atom is -0.437 e. The molecular weight excluding hydrogens is 287 g/mol. The zero-order chi connectivity index (χ0) is 12.4. The van der Waals surface area contributed by atoms with Crippen LogP contribution in [-0.2, 0) is 0 Å². The number of rotatable bonds is 2. The summed E-state index contributed by atoms with van der Waals surface area (Å²) in [7, 11) is 0. The van der Waals surface area contributed by atoms with Crippen LogP contribution >= 0.6 is 15.9 Å². The Labute approximate surface area is 107 Å². The molecule has 0 atom stereocenters. The monoisotopic (exact) mass is 296 g/mol. The van der Waals surface area contributed by atoms with Crippen molar-refractivity contribution in [3.05, 3.63) is 46.3 Å². The van der Waals surface area contributed by atoms with E-state index in [1.54, 1.807) is 12.3 Å². The van der Waals surface area contributed by atoms with Crippen LogP contribution in [0.1, 0.15) is 5.56 Å². The number of anilines is 1. The highest BCUT2D eigenvalue weighted by Crippen LogP contribution is 2.28. The van der Waals surface area contributed by atoms with Crippen molar-refractivity contribution in [1.29, 1.82) is 0 Å². The third-order valence-corrected chi connectivity index (χ3v) is 3.04. The molecule has 0 fully saturated rings. The van der Waals surface area contributed by atoms with E-state index >= 15 is 0 Å². The molecule has 17 heavy (non-hydrogen) atoms. The number of nitrogens with zero attached hydrogens (tertiary/aromatic N) is 1. The highest BCUT2D eigenvalue weighted by molar-refractivity contribution is 9.10. The average molecular weight is 297 g/mol. The van der Waals surface area contributed by atoms with E-state index in [1.807, 2.05) is 6.92 Å². The summed E-state index contributed by atoms with van der Waals surface area (Å²) in [6, 6.07) is 5.71. The van der Waals surface area contributed by atoms with Crippen molar-refractivity contribution in [2.45, 2.75) is 6.92 Å². The van der Waals surface area contributed by atoms with Gasteiger partial charge >= 0.3 is 0 Å². The summed E-state index contributed by atoms with van der Waals surface area (Å²) in [5.74, 6) is 0.241. The maximum Gasteiger partial charge on any atom is 0.219 e. The van der Waals surface area contributed by atoms with Gasteiger partial charge in [0.15, 0.2) is 5.75 Å².